The maximum atomic E-state index is 13.4. The fourth-order valence-electron chi connectivity index (χ4n) is 16.6. The summed E-state index contributed by atoms with van der Waals surface area (Å²) in [6.45, 7) is 32.8. The molecule has 0 spiro atoms. The SMILES string of the molecule is CC(C)(CCCCOCCCCC(C)(C)C(=O)O)C(=O)O.CCC(CC)CC1(C(=O)Nc2ccccc2SC(=O)C(C)C)CCCCC1.CCOP(=O)(Cc1ccc(C(N)=Nc2ccc(Br)cc2C#N)cc1)OCC.COc1cccc(N2CCN(CC(=O)NC3c4c(O)c(C)cc(C)c4CC3(C)C)CC2)c1.O=C(O)C[C@]1(O)CC(CCCCCCc2ccc(Cl)cc2Cl)OC1=O. The van der Waals surface area contributed by atoms with Gasteiger partial charge in [0.15, 0.2) is 10.7 Å². The van der Waals surface area contributed by atoms with Gasteiger partial charge in [-0.15, -0.1) is 0 Å². The van der Waals surface area contributed by atoms with Gasteiger partial charge in [0.1, 0.15) is 29.5 Å². The van der Waals surface area contributed by atoms with E-state index in [1.165, 1.54) is 29.3 Å². The summed E-state index contributed by atoms with van der Waals surface area (Å²) in [6, 6.07) is 37.7. The number of aliphatic carboxylic acids is 3. The molecule has 3 fully saturated rings. The van der Waals surface area contributed by atoms with Gasteiger partial charge in [0, 0.05) is 99.4 Å². The number of fused-ring (bicyclic) bond motifs is 1. The Labute approximate surface area is 805 Å². The molecule has 1 saturated carbocycles. The molecule has 4 aliphatic rings. The fourth-order valence-corrected chi connectivity index (χ4v) is 20.0. The molecule has 726 valence electrons. The zero-order chi connectivity index (χ0) is 97.7. The number of aromatic hydroxyl groups is 1. The Morgan fingerprint density at radius 2 is 1.39 bits per heavy atom. The van der Waals surface area contributed by atoms with E-state index in [0.29, 0.717) is 90.8 Å². The Balaban J connectivity index is 0.000000256. The predicted octanol–water partition coefficient (Wildman–Crippen LogP) is 23.0. The van der Waals surface area contributed by atoms with E-state index in [1.807, 2.05) is 87.5 Å². The lowest BCUT2D eigenvalue weighted by atomic mass is 9.67. The van der Waals surface area contributed by atoms with E-state index in [9.17, 15) is 53.6 Å². The highest BCUT2D eigenvalue weighted by Gasteiger charge is 2.49. The van der Waals surface area contributed by atoms with E-state index in [1.54, 1.807) is 85.1 Å². The number of nitrogens with one attached hydrogen (secondary N) is 2. The summed E-state index contributed by atoms with van der Waals surface area (Å²) >= 11 is 16.6. The number of nitriles is 1. The van der Waals surface area contributed by atoms with E-state index in [0.717, 1.165) is 184 Å². The largest absolute Gasteiger partial charge is 0.507 e. The van der Waals surface area contributed by atoms with Crippen LogP contribution >= 0.6 is 58.5 Å². The molecule has 0 radical (unpaired) electrons. The van der Waals surface area contributed by atoms with Crippen LogP contribution in [0.3, 0.4) is 0 Å². The number of piperazine rings is 1. The number of unbranched alkanes of at least 4 members (excludes halogenated alkanes) is 5. The summed E-state index contributed by atoms with van der Waals surface area (Å²) in [4.78, 5) is 92.5. The number of aliphatic hydroxyl groups is 1. The number of nitrogens with zero attached hydrogens (tertiary/aromatic N) is 4. The molecular weight excluding hydrogens is 1830 g/mol. The van der Waals surface area contributed by atoms with E-state index in [-0.39, 0.29) is 58.1 Å². The molecule has 3 atom stereocenters. The number of amides is 2. The number of aryl methyl sites for hydroxylation is 3. The van der Waals surface area contributed by atoms with Crippen molar-refractivity contribution in [1.82, 2.24) is 10.2 Å². The Morgan fingerprint density at radius 3 is 1.97 bits per heavy atom. The van der Waals surface area contributed by atoms with Gasteiger partial charge in [-0.1, -0.05) is 193 Å². The maximum Gasteiger partial charge on any atom is 0.339 e. The molecule has 10 rings (SSSR count). The Kier molecular flexibility index (Phi) is 46.3. The Bertz CT molecular complexity index is 4850. The van der Waals surface area contributed by atoms with Crippen LogP contribution in [0.2, 0.25) is 10.0 Å². The number of carbonyl (C=O) groups excluding carboxylic acids is 4. The number of cyclic esters (lactones) is 1. The van der Waals surface area contributed by atoms with Gasteiger partial charge in [-0.25, -0.2) is 9.79 Å². The molecule has 30 heteroatoms. The van der Waals surface area contributed by atoms with Crippen LogP contribution in [0.1, 0.15) is 268 Å². The van der Waals surface area contributed by atoms with Gasteiger partial charge in [0.2, 0.25) is 11.8 Å². The highest BCUT2D eigenvalue weighted by molar-refractivity contribution is 9.10. The third-order valence-electron chi connectivity index (χ3n) is 24.8. The number of hydrogen-bond donors (Lipinski definition) is 8. The first-order chi connectivity index (χ1) is 62.4. The second-order valence-corrected chi connectivity index (χ2v) is 42.0. The van der Waals surface area contributed by atoms with Gasteiger partial charge in [0.25, 0.3) is 0 Å². The molecule has 2 aliphatic heterocycles. The predicted molar refractivity (Wildman–Crippen MR) is 529 cm³/mol. The van der Waals surface area contributed by atoms with Crippen molar-refractivity contribution in [3.05, 3.63) is 174 Å². The number of aliphatic imine (C=N–C) groups is 1. The standard InChI is InChI=1S/C26H35N3O3.C23H35NO2S.C19H21BrN3O3P.C18H22Cl2O5.C16H30O5/c1-17-13-18(2)24(31)23-21(17)15-26(3,4)25(23)27-22(30)16-28-9-11-29(12-10-28)19-7-6-8-20(14-19)32-5;1-5-18(6-2)16-23(14-10-7-11-15-23)22(26)24-19-12-8-9-13-20(19)27-21(25)17(3)4;1-3-25-27(24,26-4-2)13-14-5-7-15(8-6-14)19(22)23-18-10-9-17(20)11-16(18)12-21;19-13-8-7-12(15(20)9-13)5-3-1-2-4-6-14-10-18(24,11-16(21)22)17(23)25-14;1-15(2,13(17)18)9-5-7-11-21-12-8-6-10-16(3,4)14(19)20/h6-8,13-14,25,31H,9-12,15-16H2,1-5H3,(H,27,30);8-9,12-13,17-18H,5-7,10-11,14-16H2,1-4H3,(H,24,26);5-11H,3-4,13H2,1-2H3,(H2,22,23);7-9,14,24H,1-6,10-11H2,(H,21,22);5-12H2,1-4H3,(H,17,18)(H,19,20)/t;;;14?,18-;/m...1./s1. The number of nitrogens with two attached hydrogens (primary N) is 1. The summed E-state index contributed by atoms with van der Waals surface area (Å²) in [7, 11) is -1.47. The van der Waals surface area contributed by atoms with Crippen LogP contribution in [-0.4, -0.2) is 155 Å². The Hall–Kier alpha value is -8.39. The van der Waals surface area contributed by atoms with Crippen LogP contribution in [0, 0.1) is 58.7 Å². The summed E-state index contributed by atoms with van der Waals surface area (Å²) in [5.74, 6) is -1.33. The normalized spacial score (nSPS) is 17.0. The lowest BCUT2D eigenvalue weighted by Crippen LogP contribution is -2.50. The number of phenols is 1. The number of carboxylic acid groups (broad SMARTS) is 3. The number of esters is 1. The molecule has 0 aromatic heterocycles. The number of hydrogen-bond acceptors (Lipinski definition) is 20. The lowest BCUT2D eigenvalue weighted by Gasteiger charge is -2.38. The van der Waals surface area contributed by atoms with Gasteiger partial charge < -0.3 is 70.1 Å². The summed E-state index contributed by atoms with van der Waals surface area (Å²) < 4.78 is 40.0. The second-order valence-electron chi connectivity index (χ2n) is 37.1. The molecule has 132 heavy (non-hydrogen) atoms. The minimum atomic E-state index is -3.15. The van der Waals surface area contributed by atoms with Gasteiger partial charge in [-0.05, 0) is 238 Å². The van der Waals surface area contributed by atoms with Crippen molar-refractivity contribution in [2.24, 2.45) is 44.2 Å². The number of ether oxygens (including phenoxy) is 3. The van der Waals surface area contributed by atoms with Crippen LogP contribution in [0.4, 0.5) is 17.1 Å². The van der Waals surface area contributed by atoms with Crippen molar-refractivity contribution in [2.75, 3.05) is 76.5 Å². The number of benzene rings is 6. The number of rotatable bonds is 42. The number of para-hydroxylation sites is 1. The summed E-state index contributed by atoms with van der Waals surface area (Å²) in [5.41, 5.74) is 12.1. The molecule has 2 unspecified atom stereocenters. The molecule has 0 bridgehead atoms. The lowest BCUT2D eigenvalue weighted by molar-refractivity contribution is -0.160. The van der Waals surface area contributed by atoms with Crippen molar-refractivity contribution < 1.29 is 86.9 Å². The molecule has 6 aromatic rings. The smallest absolute Gasteiger partial charge is 0.339 e. The third-order valence-corrected chi connectivity index (χ3v) is 29.2. The van der Waals surface area contributed by atoms with Crippen LogP contribution < -0.4 is 26.0 Å². The number of halogens is 3. The average molecular weight is 1970 g/mol. The first-order valence-electron chi connectivity index (χ1n) is 46.4. The summed E-state index contributed by atoms with van der Waals surface area (Å²) in [5, 5.41) is 64.6. The number of carboxylic acids is 3. The number of anilines is 2. The number of methoxy groups -OCH3 is 1. The minimum absolute atomic E-state index is 0.0179. The molecule has 2 amide bonds. The first kappa shape index (κ1) is 112. The topological polar surface area (TPSA) is 377 Å². The third kappa shape index (κ3) is 35.7. The van der Waals surface area contributed by atoms with Crippen LogP contribution in [0.25, 0.3) is 0 Å². The average Bonchev–Trinajstić information content (AvgIpc) is 1.59. The number of amidine groups is 1. The maximum absolute atomic E-state index is 13.4. The Morgan fingerprint density at radius 1 is 0.773 bits per heavy atom. The van der Waals surface area contributed by atoms with Gasteiger partial charge >= 0.3 is 31.5 Å². The van der Waals surface area contributed by atoms with Crippen LogP contribution in [-0.2, 0) is 75.7 Å². The highest BCUT2D eigenvalue weighted by Crippen LogP contribution is 2.53. The van der Waals surface area contributed by atoms with Gasteiger partial charge in [0.05, 0.1) is 73.3 Å². The highest BCUT2D eigenvalue weighted by atomic mass is 79.9. The van der Waals surface area contributed by atoms with E-state index in [2.05, 4.69) is 94.2 Å². The van der Waals surface area contributed by atoms with Gasteiger partial charge in [-0.3, -0.25) is 38.2 Å². The van der Waals surface area contributed by atoms with Crippen LogP contribution in [0.5, 0.6) is 11.5 Å². The number of carbonyl (C=O) groups is 7. The van der Waals surface area contributed by atoms with E-state index < -0.39 is 60.4 Å². The fraction of sp³-hybridized carbons (Fsp3) is 0.559. The molecule has 2 heterocycles. The minimum Gasteiger partial charge on any atom is -0.507 e. The zero-order valence-electron chi connectivity index (χ0n) is 80.0. The molecule has 25 nitrogen and oxygen atoms in total. The van der Waals surface area contributed by atoms with Crippen molar-refractivity contribution >= 4 is 122 Å². The van der Waals surface area contributed by atoms with Crippen LogP contribution in [0.15, 0.2) is 130 Å². The monoisotopic (exact) mass is 1970 g/mol. The molecule has 9 N–H and O–H groups in total. The first-order valence-corrected chi connectivity index (χ1v) is 50.5. The van der Waals surface area contributed by atoms with Crippen molar-refractivity contribution in [2.45, 2.75) is 273 Å². The van der Waals surface area contributed by atoms with Crippen molar-refractivity contribution in [1.29, 1.82) is 5.26 Å². The van der Waals surface area contributed by atoms with E-state index in [4.69, 9.17) is 67.5 Å². The molecular formula is C102H143BrCl2N7O18PS. The molecule has 2 saturated heterocycles. The summed E-state index contributed by atoms with van der Waals surface area (Å²) in [6.07, 6.45) is 18.8. The second kappa shape index (κ2) is 54.4. The van der Waals surface area contributed by atoms with Crippen molar-refractivity contribution in [3.8, 4) is 17.6 Å². The number of thioether (sulfide) groups is 1. The molecule has 6 aromatic carbocycles. The molecule has 2 aliphatic carbocycles. The van der Waals surface area contributed by atoms with E-state index >= 15 is 0 Å². The number of phenolic OH excluding ortho intramolecular Hbond substituents is 1. The quantitative estimate of drug-likeness (QED) is 0.00441. The van der Waals surface area contributed by atoms with Crippen molar-refractivity contribution in [3.63, 3.8) is 0 Å². The zero-order valence-corrected chi connectivity index (χ0v) is 84.8. The van der Waals surface area contributed by atoms with Gasteiger partial charge in [-0.2, -0.15) is 5.26 Å².